The molecule has 0 amide bonds. The summed E-state index contributed by atoms with van der Waals surface area (Å²) >= 11 is 2.34. The molecule has 2 aromatic rings. The Hall–Kier alpha value is -1.40. The van der Waals surface area contributed by atoms with Gasteiger partial charge >= 0.3 is 0 Å². The number of halogens is 1. The fraction of sp³-hybridized carbons (Fsp3) is 0.278. The molecule has 2 heterocycles. The van der Waals surface area contributed by atoms with Gasteiger partial charge in [-0.3, -0.25) is 9.89 Å². The van der Waals surface area contributed by atoms with Crippen LogP contribution < -0.4 is 4.74 Å². The van der Waals surface area contributed by atoms with E-state index in [9.17, 15) is 0 Å². The third-order valence-corrected chi connectivity index (χ3v) is 5.21. The number of rotatable bonds is 3. The van der Waals surface area contributed by atoms with Crippen molar-refractivity contribution in [3.8, 4) is 5.75 Å². The predicted molar refractivity (Wildman–Crippen MR) is 96.5 cm³/mol. The summed E-state index contributed by atoms with van der Waals surface area (Å²) in [6, 6.07) is 17.9. The van der Waals surface area contributed by atoms with Crippen molar-refractivity contribution in [1.29, 1.82) is 0 Å². The SMILES string of the molecule is COc1ccc(C2C3C(c4ccc(I)cc4)=NC(C)N32)cc1. The van der Waals surface area contributed by atoms with Gasteiger partial charge in [-0.15, -0.1) is 0 Å². The lowest BCUT2D eigenvalue weighted by atomic mass is 10.0. The van der Waals surface area contributed by atoms with Crippen LogP contribution in [0.15, 0.2) is 53.5 Å². The highest BCUT2D eigenvalue weighted by molar-refractivity contribution is 14.1. The lowest BCUT2D eigenvalue weighted by molar-refractivity contribution is 0.412. The standard InChI is InChI=1S/C18H17IN2O/c1-11-20-16(12-3-7-14(19)8-4-12)18-17(21(11)18)13-5-9-15(22-2)10-6-13/h3-11,17-18H,1-2H3. The maximum absolute atomic E-state index is 5.25. The summed E-state index contributed by atoms with van der Waals surface area (Å²) in [5.41, 5.74) is 3.82. The van der Waals surface area contributed by atoms with E-state index in [1.54, 1.807) is 7.11 Å². The van der Waals surface area contributed by atoms with E-state index in [0.717, 1.165) is 5.75 Å². The zero-order chi connectivity index (χ0) is 15.3. The van der Waals surface area contributed by atoms with Crippen LogP contribution in [-0.2, 0) is 0 Å². The molecule has 112 valence electrons. The molecule has 2 aromatic carbocycles. The normalized spacial score (nSPS) is 29.0. The van der Waals surface area contributed by atoms with Crippen molar-refractivity contribution < 1.29 is 4.74 Å². The average molecular weight is 404 g/mol. The molecule has 1 fully saturated rings. The summed E-state index contributed by atoms with van der Waals surface area (Å²) in [7, 11) is 1.70. The van der Waals surface area contributed by atoms with Crippen LogP contribution in [0.3, 0.4) is 0 Å². The van der Waals surface area contributed by atoms with Crippen LogP contribution in [-0.4, -0.2) is 29.9 Å². The van der Waals surface area contributed by atoms with E-state index >= 15 is 0 Å². The first-order valence-corrected chi connectivity index (χ1v) is 8.52. The Morgan fingerprint density at radius 2 is 1.68 bits per heavy atom. The Morgan fingerprint density at radius 3 is 2.32 bits per heavy atom. The number of benzene rings is 2. The second-order valence-corrected chi connectivity index (χ2v) is 7.01. The molecule has 0 saturated carbocycles. The van der Waals surface area contributed by atoms with Gasteiger partial charge in [-0.1, -0.05) is 24.3 Å². The first-order chi connectivity index (χ1) is 10.7. The molecule has 2 aliphatic heterocycles. The van der Waals surface area contributed by atoms with Gasteiger partial charge in [0, 0.05) is 3.57 Å². The number of aliphatic imine (C=N–C) groups is 1. The zero-order valence-corrected chi connectivity index (χ0v) is 14.7. The molecule has 3 nitrogen and oxygen atoms in total. The van der Waals surface area contributed by atoms with Crippen LogP contribution in [0.2, 0.25) is 0 Å². The maximum Gasteiger partial charge on any atom is 0.118 e. The Bertz CT molecular complexity index is 724. The van der Waals surface area contributed by atoms with E-state index < -0.39 is 0 Å². The van der Waals surface area contributed by atoms with Crippen LogP contribution in [0.5, 0.6) is 5.75 Å². The molecule has 0 N–H and O–H groups in total. The Morgan fingerprint density at radius 1 is 1.00 bits per heavy atom. The molecule has 22 heavy (non-hydrogen) atoms. The molecule has 4 atom stereocenters. The lowest BCUT2D eigenvalue weighted by Crippen LogP contribution is -2.09. The number of hydrogen-bond acceptors (Lipinski definition) is 3. The molecule has 0 radical (unpaired) electrons. The van der Waals surface area contributed by atoms with E-state index in [1.165, 1.54) is 20.4 Å². The van der Waals surface area contributed by atoms with Gasteiger partial charge in [-0.25, -0.2) is 0 Å². The highest BCUT2D eigenvalue weighted by atomic mass is 127. The minimum Gasteiger partial charge on any atom is -0.497 e. The van der Waals surface area contributed by atoms with Crippen molar-refractivity contribution in [3.63, 3.8) is 0 Å². The van der Waals surface area contributed by atoms with Gasteiger partial charge in [0.05, 0.1) is 24.9 Å². The summed E-state index contributed by atoms with van der Waals surface area (Å²) in [5.74, 6) is 0.907. The smallest absolute Gasteiger partial charge is 0.118 e. The average Bonchev–Trinajstić information content (AvgIpc) is 3.20. The second-order valence-electron chi connectivity index (χ2n) is 5.76. The van der Waals surface area contributed by atoms with Gasteiger partial charge in [0.1, 0.15) is 11.9 Å². The van der Waals surface area contributed by atoms with Gasteiger partial charge in [0.15, 0.2) is 0 Å². The van der Waals surface area contributed by atoms with Crippen LogP contribution in [0.25, 0.3) is 0 Å². The molecule has 1 saturated heterocycles. The van der Waals surface area contributed by atoms with E-state index in [2.05, 4.69) is 70.8 Å². The topological polar surface area (TPSA) is 24.6 Å². The molecule has 0 bridgehead atoms. The summed E-state index contributed by atoms with van der Waals surface area (Å²) in [4.78, 5) is 7.31. The Labute approximate surface area is 144 Å². The molecular formula is C18H17IN2O. The van der Waals surface area contributed by atoms with Crippen molar-refractivity contribution in [2.24, 2.45) is 4.99 Å². The molecule has 4 heteroatoms. The number of methoxy groups -OCH3 is 1. The number of hydrogen-bond donors (Lipinski definition) is 0. The third-order valence-electron chi connectivity index (χ3n) is 4.49. The van der Waals surface area contributed by atoms with Crippen molar-refractivity contribution >= 4 is 28.3 Å². The first kappa shape index (κ1) is 14.2. The molecule has 4 rings (SSSR count). The fourth-order valence-electron chi connectivity index (χ4n) is 3.37. The molecule has 2 aliphatic rings. The van der Waals surface area contributed by atoms with Crippen LogP contribution >= 0.6 is 22.6 Å². The van der Waals surface area contributed by atoms with E-state index in [4.69, 9.17) is 9.73 Å². The second kappa shape index (κ2) is 5.35. The first-order valence-electron chi connectivity index (χ1n) is 7.44. The van der Waals surface area contributed by atoms with Gasteiger partial charge < -0.3 is 4.74 Å². The summed E-state index contributed by atoms with van der Waals surface area (Å²) in [5, 5.41) is 0. The van der Waals surface area contributed by atoms with Gasteiger partial charge in [-0.05, 0) is 64.9 Å². The predicted octanol–water partition coefficient (Wildman–Crippen LogP) is 3.87. The van der Waals surface area contributed by atoms with Gasteiger partial charge in [0.25, 0.3) is 0 Å². The fourth-order valence-corrected chi connectivity index (χ4v) is 3.73. The molecule has 0 aliphatic carbocycles. The van der Waals surface area contributed by atoms with E-state index in [-0.39, 0.29) is 6.17 Å². The monoisotopic (exact) mass is 404 g/mol. The zero-order valence-electron chi connectivity index (χ0n) is 12.5. The quantitative estimate of drug-likeness (QED) is 0.573. The lowest BCUT2D eigenvalue weighted by Gasteiger charge is -2.09. The van der Waals surface area contributed by atoms with E-state index in [1.807, 2.05) is 12.1 Å². The van der Waals surface area contributed by atoms with Crippen molar-refractivity contribution in [2.45, 2.75) is 25.2 Å². The Kier molecular flexibility index (Phi) is 3.46. The number of fused-ring (bicyclic) bond motifs is 1. The number of ether oxygens (including phenoxy) is 1. The summed E-state index contributed by atoms with van der Waals surface area (Å²) < 4.78 is 6.50. The molecule has 0 spiro atoms. The van der Waals surface area contributed by atoms with Gasteiger partial charge in [-0.2, -0.15) is 0 Å². The van der Waals surface area contributed by atoms with Crippen molar-refractivity contribution in [1.82, 2.24) is 4.90 Å². The third kappa shape index (κ3) is 2.25. The molecule has 0 aromatic heterocycles. The van der Waals surface area contributed by atoms with Crippen molar-refractivity contribution in [2.75, 3.05) is 7.11 Å². The summed E-state index contributed by atoms with van der Waals surface area (Å²) in [6.07, 6.45) is 0.256. The highest BCUT2D eigenvalue weighted by Gasteiger charge is 2.57. The van der Waals surface area contributed by atoms with E-state index in [0.29, 0.717) is 12.1 Å². The minimum atomic E-state index is 0.256. The summed E-state index contributed by atoms with van der Waals surface area (Å²) in [6.45, 7) is 2.18. The van der Waals surface area contributed by atoms with Crippen LogP contribution in [0.1, 0.15) is 24.1 Å². The largest absolute Gasteiger partial charge is 0.497 e. The minimum absolute atomic E-state index is 0.256. The molecule has 4 unspecified atom stereocenters. The van der Waals surface area contributed by atoms with Gasteiger partial charge in [0.2, 0.25) is 0 Å². The Balaban J connectivity index is 1.62. The maximum atomic E-state index is 5.25. The molecular weight excluding hydrogens is 387 g/mol. The number of nitrogens with zero attached hydrogens (tertiary/aromatic N) is 2. The van der Waals surface area contributed by atoms with Crippen LogP contribution in [0.4, 0.5) is 0 Å². The highest BCUT2D eigenvalue weighted by Crippen LogP contribution is 2.50. The van der Waals surface area contributed by atoms with Crippen molar-refractivity contribution in [3.05, 3.63) is 63.2 Å². The van der Waals surface area contributed by atoms with Crippen LogP contribution in [0, 0.1) is 3.57 Å².